The number of aryl methyl sites for hydroxylation is 1. The molecule has 0 amide bonds. The summed E-state index contributed by atoms with van der Waals surface area (Å²) in [5.41, 5.74) is 4.20. The summed E-state index contributed by atoms with van der Waals surface area (Å²) in [6.45, 7) is 6.59. The van der Waals surface area contributed by atoms with Gasteiger partial charge in [-0.05, 0) is 48.8 Å². The second-order valence-electron chi connectivity index (χ2n) is 6.34. The number of esters is 1. The molecule has 0 bridgehead atoms. The van der Waals surface area contributed by atoms with Crippen LogP contribution in [0, 0.1) is 0 Å². The van der Waals surface area contributed by atoms with Gasteiger partial charge in [-0.3, -0.25) is 0 Å². The second kappa shape index (κ2) is 7.31. The van der Waals surface area contributed by atoms with Crippen molar-refractivity contribution in [2.45, 2.75) is 46.0 Å². The molecule has 1 heterocycles. The zero-order valence-corrected chi connectivity index (χ0v) is 15.3. The van der Waals surface area contributed by atoms with Gasteiger partial charge in [0.2, 0.25) is 0 Å². The Morgan fingerprint density at radius 2 is 2.04 bits per heavy atom. The molecule has 24 heavy (non-hydrogen) atoms. The number of carbonyl (C=O) groups excluding carboxylic acids is 1. The molecule has 3 nitrogen and oxygen atoms in total. The van der Waals surface area contributed by atoms with Crippen LogP contribution < -0.4 is 0 Å². The predicted octanol–water partition coefficient (Wildman–Crippen LogP) is 5.29. The van der Waals surface area contributed by atoms with E-state index in [1.54, 1.807) is 11.3 Å². The zero-order chi connectivity index (χ0) is 17.1. The molecule has 0 unspecified atom stereocenters. The minimum Gasteiger partial charge on any atom is -0.462 e. The Hall–Kier alpha value is -1.94. The van der Waals surface area contributed by atoms with Crippen molar-refractivity contribution in [2.24, 2.45) is 4.99 Å². The molecule has 1 aliphatic rings. The third-order valence-corrected chi connectivity index (χ3v) is 5.52. The number of fused-ring (bicyclic) bond motifs is 1. The SMILES string of the molecule is CCOC(=O)c1c(N=Cc2ccc(C(C)C)cc2)sc2c1CCC2. The van der Waals surface area contributed by atoms with E-state index in [4.69, 9.17) is 4.74 Å². The van der Waals surface area contributed by atoms with Crippen LogP contribution in [0.1, 0.15) is 65.0 Å². The Labute approximate surface area is 147 Å². The summed E-state index contributed by atoms with van der Waals surface area (Å²) in [5.74, 6) is 0.283. The van der Waals surface area contributed by atoms with Crippen LogP contribution in [0.5, 0.6) is 0 Å². The van der Waals surface area contributed by atoms with Crippen LogP contribution in [0.3, 0.4) is 0 Å². The number of ether oxygens (including phenoxy) is 1. The first-order chi connectivity index (χ1) is 11.6. The normalized spacial score (nSPS) is 13.7. The second-order valence-corrected chi connectivity index (χ2v) is 7.42. The van der Waals surface area contributed by atoms with Crippen LogP contribution in [0.2, 0.25) is 0 Å². The summed E-state index contributed by atoms with van der Waals surface area (Å²) in [5, 5.41) is 0.783. The molecule has 0 atom stereocenters. The molecule has 1 aliphatic carbocycles. The van der Waals surface area contributed by atoms with Gasteiger partial charge < -0.3 is 4.74 Å². The van der Waals surface area contributed by atoms with Crippen molar-refractivity contribution in [1.82, 2.24) is 0 Å². The lowest BCUT2D eigenvalue weighted by Crippen LogP contribution is -2.06. The van der Waals surface area contributed by atoms with Gasteiger partial charge in [-0.25, -0.2) is 9.79 Å². The van der Waals surface area contributed by atoms with Crippen LogP contribution in [-0.2, 0) is 17.6 Å². The van der Waals surface area contributed by atoms with Crippen molar-refractivity contribution in [3.8, 4) is 0 Å². The Bertz CT molecular complexity index is 757. The van der Waals surface area contributed by atoms with Crippen LogP contribution in [-0.4, -0.2) is 18.8 Å². The van der Waals surface area contributed by atoms with Gasteiger partial charge in [0.05, 0.1) is 12.2 Å². The van der Waals surface area contributed by atoms with Crippen molar-refractivity contribution < 1.29 is 9.53 Å². The summed E-state index contributed by atoms with van der Waals surface area (Å²) < 4.78 is 5.24. The van der Waals surface area contributed by atoms with Gasteiger partial charge in [-0.2, -0.15) is 0 Å². The molecule has 126 valence electrons. The Morgan fingerprint density at radius 3 is 2.71 bits per heavy atom. The molecule has 0 fully saturated rings. The first kappa shape index (κ1) is 16.9. The third kappa shape index (κ3) is 3.44. The number of thiophene rings is 1. The lowest BCUT2D eigenvalue weighted by molar-refractivity contribution is 0.0527. The number of hydrogen-bond acceptors (Lipinski definition) is 4. The van der Waals surface area contributed by atoms with Gasteiger partial charge in [0.25, 0.3) is 0 Å². The lowest BCUT2D eigenvalue weighted by atomic mass is 10.0. The van der Waals surface area contributed by atoms with Crippen LogP contribution in [0.25, 0.3) is 0 Å². The number of benzene rings is 1. The predicted molar refractivity (Wildman–Crippen MR) is 100 cm³/mol. The minimum atomic E-state index is -0.237. The van der Waals surface area contributed by atoms with Crippen molar-refractivity contribution in [3.63, 3.8) is 0 Å². The van der Waals surface area contributed by atoms with Gasteiger partial charge in [0.15, 0.2) is 0 Å². The Balaban J connectivity index is 1.88. The average molecular weight is 341 g/mol. The number of nitrogens with zero attached hydrogens (tertiary/aromatic N) is 1. The number of hydrogen-bond donors (Lipinski definition) is 0. The molecule has 0 saturated heterocycles. The van der Waals surface area contributed by atoms with E-state index in [-0.39, 0.29) is 5.97 Å². The summed E-state index contributed by atoms with van der Waals surface area (Å²) in [6, 6.07) is 8.41. The van der Waals surface area contributed by atoms with Crippen molar-refractivity contribution in [3.05, 3.63) is 51.4 Å². The number of carbonyl (C=O) groups is 1. The highest BCUT2D eigenvalue weighted by Crippen LogP contribution is 2.41. The molecule has 3 rings (SSSR count). The molecule has 1 aromatic carbocycles. The molecule has 0 N–H and O–H groups in total. The molecule has 1 aromatic heterocycles. The Kier molecular flexibility index (Phi) is 5.14. The van der Waals surface area contributed by atoms with Gasteiger partial charge >= 0.3 is 5.97 Å². The van der Waals surface area contributed by atoms with Crippen LogP contribution in [0.4, 0.5) is 5.00 Å². The van der Waals surface area contributed by atoms with Crippen molar-refractivity contribution in [2.75, 3.05) is 6.61 Å². The van der Waals surface area contributed by atoms with E-state index < -0.39 is 0 Å². The maximum atomic E-state index is 12.3. The van der Waals surface area contributed by atoms with Crippen molar-refractivity contribution >= 4 is 28.5 Å². The zero-order valence-electron chi connectivity index (χ0n) is 14.5. The quantitative estimate of drug-likeness (QED) is 0.547. The molecule has 0 radical (unpaired) electrons. The monoisotopic (exact) mass is 341 g/mol. The van der Waals surface area contributed by atoms with Gasteiger partial charge in [-0.1, -0.05) is 38.1 Å². The summed E-state index contributed by atoms with van der Waals surface area (Å²) in [4.78, 5) is 18.2. The molecule has 2 aromatic rings. The summed E-state index contributed by atoms with van der Waals surface area (Å²) in [7, 11) is 0. The maximum absolute atomic E-state index is 12.3. The van der Waals surface area contributed by atoms with Gasteiger partial charge in [0, 0.05) is 11.1 Å². The fourth-order valence-electron chi connectivity index (χ4n) is 2.99. The molecule has 4 heteroatoms. The molecule has 0 saturated carbocycles. The fraction of sp³-hybridized carbons (Fsp3) is 0.400. The van der Waals surface area contributed by atoms with E-state index in [1.807, 2.05) is 13.1 Å². The summed E-state index contributed by atoms with van der Waals surface area (Å²) in [6.07, 6.45) is 4.96. The number of rotatable bonds is 5. The first-order valence-corrected chi connectivity index (χ1v) is 9.37. The minimum absolute atomic E-state index is 0.237. The molecular weight excluding hydrogens is 318 g/mol. The molecular formula is C20H23NO2S. The smallest absolute Gasteiger partial charge is 0.341 e. The average Bonchev–Trinajstić information content (AvgIpc) is 3.13. The molecule has 0 aliphatic heterocycles. The van der Waals surface area contributed by atoms with Crippen molar-refractivity contribution in [1.29, 1.82) is 0 Å². The van der Waals surface area contributed by atoms with E-state index >= 15 is 0 Å². The van der Waals surface area contributed by atoms with Gasteiger partial charge in [-0.15, -0.1) is 11.3 Å². The van der Waals surface area contributed by atoms with E-state index in [0.717, 1.165) is 35.4 Å². The maximum Gasteiger partial charge on any atom is 0.341 e. The van der Waals surface area contributed by atoms with E-state index in [1.165, 1.54) is 10.4 Å². The first-order valence-electron chi connectivity index (χ1n) is 8.55. The third-order valence-electron chi connectivity index (χ3n) is 4.32. The Morgan fingerprint density at radius 1 is 1.29 bits per heavy atom. The lowest BCUT2D eigenvalue weighted by Gasteiger charge is -2.05. The van der Waals surface area contributed by atoms with Gasteiger partial charge in [0.1, 0.15) is 5.00 Å². The van der Waals surface area contributed by atoms with Crippen LogP contribution in [0.15, 0.2) is 29.3 Å². The van der Waals surface area contributed by atoms with Crippen LogP contribution >= 0.6 is 11.3 Å². The van der Waals surface area contributed by atoms with E-state index in [2.05, 4.69) is 43.1 Å². The highest BCUT2D eigenvalue weighted by atomic mass is 32.1. The molecule has 0 spiro atoms. The fourth-order valence-corrected chi connectivity index (χ4v) is 4.22. The largest absolute Gasteiger partial charge is 0.462 e. The topological polar surface area (TPSA) is 38.7 Å². The highest BCUT2D eigenvalue weighted by molar-refractivity contribution is 7.16. The number of aliphatic imine (C=N–C) groups is 1. The van der Waals surface area contributed by atoms with E-state index in [9.17, 15) is 4.79 Å². The highest BCUT2D eigenvalue weighted by Gasteiger charge is 2.27. The van der Waals surface area contributed by atoms with E-state index in [0.29, 0.717) is 18.1 Å². The standard InChI is InChI=1S/C20H23NO2S/c1-4-23-20(22)18-16-6-5-7-17(16)24-19(18)21-12-14-8-10-15(11-9-14)13(2)3/h8-13H,4-7H2,1-3H3. The summed E-state index contributed by atoms with van der Waals surface area (Å²) >= 11 is 1.63.